The lowest BCUT2D eigenvalue weighted by atomic mass is 9.90. The van der Waals surface area contributed by atoms with Gasteiger partial charge in [-0.25, -0.2) is 0 Å². The number of ether oxygens (including phenoxy) is 3. The average Bonchev–Trinajstić information content (AvgIpc) is 3.38. The predicted molar refractivity (Wildman–Crippen MR) is 106 cm³/mol. The van der Waals surface area contributed by atoms with Crippen molar-refractivity contribution in [3.05, 3.63) is 52.3 Å². The van der Waals surface area contributed by atoms with Gasteiger partial charge >= 0.3 is 0 Å². The van der Waals surface area contributed by atoms with Gasteiger partial charge in [-0.15, -0.1) is 5.10 Å². The van der Waals surface area contributed by atoms with Gasteiger partial charge in [-0.2, -0.15) is 4.68 Å². The third kappa shape index (κ3) is 2.74. The first-order chi connectivity index (χ1) is 14.1. The van der Waals surface area contributed by atoms with E-state index < -0.39 is 0 Å². The molecule has 0 bridgehead atoms. The van der Waals surface area contributed by atoms with Gasteiger partial charge in [0.15, 0.2) is 17.3 Å². The minimum Gasteiger partial charge on any atom is -0.492 e. The van der Waals surface area contributed by atoms with Crippen molar-refractivity contribution >= 4 is 0 Å². The largest absolute Gasteiger partial charge is 0.492 e. The molecule has 2 aliphatic heterocycles. The molecule has 3 aromatic rings. The van der Waals surface area contributed by atoms with E-state index in [-0.39, 0.29) is 12.8 Å². The van der Waals surface area contributed by atoms with Crippen molar-refractivity contribution in [2.75, 3.05) is 27.5 Å². The molecule has 0 radical (unpaired) electrons. The number of nitrogens with zero attached hydrogens (tertiary/aromatic N) is 5. The maximum Gasteiger partial charge on any atom is 0.231 e. The fourth-order valence-electron chi connectivity index (χ4n) is 4.16. The second-order valence-electron chi connectivity index (χ2n) is 7.57. The van der Waals surface area contributed by atoms with Crippen LogP contribution in [-0.4, -0.2) is 52.6 Å². The van der Waals surface area contributed by atoms with E-state index in [1.54, 1.807) is 7.11 Å². The summed E-state index contributed by atoms with van der Waals surface area (Å²) in [5, 5.41) is 12.7. The van der Waals surface area contributed by atoms with E-state index in [4.69, 9.17) is 14.2 Å². The highest BCUT2D eigenvalue weighted by Gasteiger charge is 2.37. The van der Waals surface area contributed by atoms with Crippen LogP contribution in [0.5, 0.6) is 17.2 Å². The fourth-order valence-corrected chi connectivity index (χ4v) is 4.16. The van der Waals surface area contributed by atoms with E-state index >= 15 is 0 Å². The normalized spacial score (nSPS) is 18.0. The topological polar surface area (TPSA) is 74.5 Å². The third-order valence-electron chi connectivity index (χ3n) is 5.87. The van der Waals surface area contributed by atoms with Crippen LogP contribution in [0, 0.1) is 13.8 Å². The molecule has 1 aromatic heterocycles. The average molecular weight is 393 g/mol. The van der Waals surface area contributed by atoms with Crippen LogP contribution in [0.1, 0.15) is 34.1 Å². The predicted octanol–water partition coefficient (Wildman–Crippen LogP) is 2.59. The molecular weight excluding hydrogens is 370 g/mol. The minimum atomic E-state index is -0.167. The minimum absolute atomic E-state index is 0.167. The van der Waals surface area contributed by atoms with Gasteiger partial charge in [0.25, 0.3) is 0 Å². The van der Waals surface area contributed by atoms with Crippen molar-refractivity contribution in [3.8, 4) is 22.9 Å². The molecule has 0 fully saturated rings. The van der Waals surface area contributed by atoms with Crippen LogP contribution in [-0.2, 0) is 6.42 Å². The lowest BCUT2D eigenvalue weighted by molar-refractivity contribution is 0.170. The number of hydrogen-bond donors (Lipinski definition) is 0. The summed E-state index contributed by atoms with van der Waals surface area (Å²) in [5.41, 5.74) is 5.57. The molecule has 0 N–H and O–H groups in total. The Morgan fingerprint density at radius 3 is 2.79 bits per heavy atom. The smallest absolute Gasteiger partial charge is 0.231 e. The summed E-state index contributed by atoms with van der Waals surface area (Å²) in [4.78, 5) is 2.25. The van der Waals surface area contributed by atoms with Crippen molar-refractivity contribution in [1.82, 2.24) is 25.1 Å². The summed E-state index contributed by atoms with van der Waals surface area (Å²) in [6.07, 6.45) is 0.889. The van der Waals surface area contributed by atoms with Crippen molar-refractivity contribution in [2.24, 2.45) is 0 Å². The maximum absolute atomic E-state index is 5.80. The Labute approximate surface area is 169 Å². The lowest BCUT2D eigenvalue weighted by Gasteiger charge is -2.34. The summed E-state index contributed by atoms with van der Waals surface area (Å²) in [7, 11) is 3.74. The van der Waals surface area contributed by atoms with Gasteiger partial charge < -0.3 is 14.2 Å². The highest BCUT2D eigenvalue weighted by atomic mass is 16.7. The van der Waals surface area contributed by atoms with Gasteiger partial charge in [-0.3, -0.25) is 4.90 Å². The molecule has 5 rings (SSSR count). The Bertz CT molecular complexity index is 1090. The first kappa shape index (κ1) is 17.9. The third-order valence-corrected chi connectivity index (χ3v) is 5.87. The molecule has 0 amide bonds. The van der Waals surface area contributed by atoms with E-state index in [0.29, 0.717) is 11.5 Å². The second kappa shape index (κ2) is 6.73. The maximum atomic E-state index is 5.80. The van der Waals surface area contributed by atoms with Gasteiger partial charge in [0.2, 0.25) is 12.5 Å². The Hall–Kier alpha value is -3.13. The van der Waals surface area contributed by atoms with E-state index in [1.807, 2.05) is 10.7 Å². The van der Waals surface area contributed by atoms with Crippen molar-refractivity contribution in [1.29, 1.82) is 0 Å². The number of rotatable bonds is 3. The lowest BCUT2D eigenvalue weighted by Crippen LogP contribution is -2.35. The summed E-state index contributed by atoms with van der Waals surface area (Å²) < 4.78 is 18.9. The molecule has 2 aliphatic rings. The van der Waals surface area contributed by atoms with Crippen LogP contribution in [0.3, 0.4) is 0 Å². The number of aromatic nitrogens is 4. The van der Waals surface area contributed by atoms with Gasteiger partial charge in [-0.05, 0) is 72.6 Å². The highest BCUT2D eigenvalue weighted by molar-refractivity contribution is 5.62. The molecule has 1 atom stereocenters. The van der Waals surface area contributed by atoms with Crippen molar-refractivity contribution in [2.45, 2.75) is 26.3 Å². The Kier molecular flexibility index (Phi) is 4.16. The van der Waals surface area contributed by atoms with E-state index in [1.165, 1.54) is 16.7 Å². The zero-order valence-electron chi connectivity index (χ0n) is 17.0. The molecule has 3 heterocycles. The number of likely N-dealkylation sites (N-methyl/N-ethyl adjacent to an activating group) is 1. The quantitative estimate of drug-likeness (QED) is 0.677. The van der Waals surface area contributed by atoms with Crippen LogP contribution in [0.4, 0.5) is 0 Å². The summed E-state index contributed by atoms with van der Waals surface area (Å²) >= 11 is 0. The van der Waals surface area contributed by atoms with Crippen LogP contribution in [0.25, 0.3) is 5.69 Å². The van der Waals surface area contributed by atoms with Crippen LogP contribution in [0.2, 0.25) is 0 Å². The molecule has 150 valence electrons. The molecule has 0 spiro atoms. The number of methoxy groups -OCH3 is 1. The van der Waals surface area contributed by atoms with Gasteiger partial charge in [0.05, 0.1) is 12.8 Å². The molecule has 0 aliphatic carbocycles. The Morgan fingerprint density at radius 1 is 1.14 bits per heavy atom. The van der Waals surface area contributed by atoms with E-state index in [9.17, 15) is 0 Å². The summed E-state index contributed by atoms with van der Waals surface area (Å²) in [6.45, 7) is 5.27. The van der Waals surface area contributed by atoms with Gasteiger partial charge in [0.1, 0.15) is 6.04 Å². The summed E-state index contributed by atoms with van der Waals surface area (Å²) in [5.74, 6) is 2.82. The van der Waals surface area contributed by atoms with Crippen LogP contribution < -0.4 is 14.2 Å². The number of tetrazole rings is 1. The number of benzene rings is 2. The Balaban J connectivity index is 1.69. The molecule has 8 heteroatoms. The molecule has 1 unspecified atom stereocenters. The van der Waals surface area contributed by atoms with E-state index in [0.717, 1.165) is 35.8 Å². The number of aryl methyl sites for hydroxylation is 2. The summed E-state index contributed by atoms with van der Waals surface area (Å²) in [6, 6.07) is 8.14. The zero-order chi connectivity index (χ0) is 20.1. The molecule has 0 saturated carbocycles. The fraction of sp³-hybridized carbons (Fsp3) is 0.381. The number of fused-ring (bicyclic) bond motifs is 2. The van der Waals surface area contributed by atoms with Crippen LogP contribution in [0.15, 0.2) is 24.3 Å². The van der Waals surface area contributed by atoms with Crippen molar-refractivity contribution < 1.29 is 14.2 Å². The van der Waals surface area contributed by atoms with E-state index in [2.05, 4.69) is 59.5 Å². The molecular formula is C21H23N5O3. The first-order valence-corrected chi connectivity index (χ1v) is 9.64. The van der Waals surface area contributed by atoms with Gasteiger partial charge in [0, 0.05) is 12.1 Å². The van der Waals surface area contributed by atoms with Crippen LogP contribution >= 0.6 is 0 Å². The van der Waals surface area contributed by atoms with Gasteiger partial charge in [-0.1, -0.05) is 6.07 Å². The molecule has 2 aromatic carbocycles. The van der Waals surface area contributed by atoms with Crippen molar-refractivity contribution in [3.63, 3.8) is 0 Å². The SMILES string of the molecule is COc1c2c(cc3c1C(c1nnnn1-c1ccc(C)c(C)c1)N(C)CC3)OCO2. The zero-order valence-corrected chi connectivity index (χ0v) is 17.0. The highest BCUT2D eigenvalue weighted by Crippen LogP contribution is 2.50. The molecule has 0 saturated heterocycles. The standard InChI is InChI=1S/C21H23N5O3/c1-12-5-6-15(9-13(12)2)26-21(22-23-24-26)18-17-14(7-8-25(18)3)10-16-19(20(17)27-4)29-11-28-16/h5-6,9-10,18H,7-8,11H2,1-4H3. The molecule has 29 heavy (non-hydrogen) atoms. The number of hydrogen-bond acceptors (Lipinski definition) is 7. The monoisotopic (exact) mass is 393 g/mol. The Morgan fingerprint density at radius 2 is 2.00 bits per heavy atom. The second-order valence-corrected chi connectivity index (χ2v) is 7.57. The molecule has 8 nitrogen and oxygen atoms in total. The first-order valence-electron chi connectivity index (χ1n) is 9.64.